The molecule has 1 aromatic carbocycles. The summed E-state index contributed by atoms with van der Waals surface area (Å²) in [6, 6.07) is 4.28. The lowest BCUT2D eigenvalue weighted by molar-refractivity contribution is 0.112. The van der Waals surface area contributed by atoms with Crippen LogP contribution in [-0.2, 0) is 0 Å². The molecule has 1 aromatic rings. The Bertz CT molecular complexity index is 376. The molecule has 0 radical (unpaired) electrons. The van der Waals surface area contributed by atoms with E-state index < -0.39 is 5.82 Å². The van der Waals surface area contributed by atoms with Crippen LogP contribution in [0.1, 0.15) is 15.9 Å². The summed E-state index contributed by atoms with van der Waals surface area (Å²) in [7, 11) is 0. The third-order valence-corrected chi connectivity index (χ3v) is 1.71. The number of carbonyl (C=O) groups is 1. The van der Waals surface area contributed by atoms with Crippen LogP contribution in [0.25, 0.3) is 0 Å². The van der Waals surface area contributed by atoms with Crippen LogP contribution in [0.15, 0.2) is 18.2 Å². The molecule has 0 bridgehead atoms. The van der Waals surface area contributed by atoms with Crippen molar-refractivity contribution in [2.75, 3.05) is 5.33 Å². The van der Waals surface area contributed by atoms with Crippen molar-refractivity contribution in [1.29, 1.82) is 0 Å². The molecule has 0 saturated heterocycles. The van der Waals surface area contributed by atoms with Crippen LogP contribution in [0.3, 0.4) is 0 Å². The van der Waals surface area contributed by atoms with E-state index >= 15 is 0 Å². The minimum atomic E-state index is -0.531. The van der Waals surface area contributed by atoms with Gasteiger partial charge in [0.05, 0.1) is 10.9 Å². The van der Waals surface area contributed by atoms with Crippen molar-refractivity contribution in [2.24, 2.45) is 0 Å². The zero-order valence-corrected chi connectivity index (χ0v) is 8.27. The molecule has 1 nitrogen and oxygen atoms in total. The SMILES string of the molecule is O=Cc1ccc(C#CCBr)cc1F. The fourth-order valence-electron chi connectivity index (χ4n) is 0.836. The summed E-state index contributed by atoms with van der Waals surface area (Å²) in [4.78, 5) is 10.3. The first-order chi connectivity index (χ1) is 6.27. The van der Waals surface area contributed by atoms with Gasteiger partial charge in [0.1, 0.15) is 5.82 Å². The number of hydrogen-bond acceptors (Lipinski definition) is 1. The van der Waals surface area contributed by atoms with Crippen LogP contribution in [0.4, 0.5) is 4.39 Å². The van der Waals surface area contributed by atoms with E-state index in [-0.39, 0.29) is 5.56 Å². The highest BCUT2D eigenvalue weighted by atomic mass is 79.9. The molecule has 66 valence electrons. The second kappa shape index (κ2) is 4.78. The van der Waals surface area contributed by atoms with Crippen LogP contribution in [0.5, 0.6) is 0 Å². The molecule has 0 amide bonds. The third kappa shape index (κ3) is 2.67. The number of alkyl halides is 1. The molecule has 0 saturated carbocycles. The summed E-state index contributed by atoms with van der Waals surface area (Å²) < 4.78 is 13.0. The number of hydrogen-bond donors (Lipinski definition) is 0. The van der Waals surface area contributed by atoms with Crippen molar-refractivity contribution in [3.63, 3.8) is 0 Å². The maximum absolute atomic E-state index is 13.0. The molecule has 0 aliphatic carbocycles. The van der Waals surface area contributed by atoms with Crippen molar-refractivity contribution in [1.82, 2.24) is 0 Å². The van der Waals surface area contributed by atoms with Crippen LogP contribution < -0.4 is 0 Å². The molecule has 0 aliphatic rings. The smallest absolute Gasteiger partial charge is 0.152 e. The van der Waals surface area contributed by atoms with Crippen LogP contribution in [0.2, 0.25) is 0 Å². The lowest BCUT2D eigenvalue weighted by Gasteiger charge is -1.94. The van der Waals surface area contributed by atoms with Gasteiger partial charge in [-0.25, -0.2) is 4.39 Å². The van der Waals surface area contributed by atoms with Gasteiger partial charge in [-0.3, -0.25) is 4.79 Å². The summed E-state index contributed by atoms with van der Waals surface area (Å²) in [6.07, 6.45) is 0.483. The van der Waals surface area contributed by atoms with Gasteiger partial charge in [0, 0.05) is 5.56 Å². The van der Waals surface area contributed by atoms with Gasteiger partial charge in [-0.15, -0.1) is 0 Å². The van der Waals surface area contributed by atoms with Crippen molar-refractivity contribution in [3.8, 4) is 11.8 Å². The number of rotatable bonds is 1. The summed E-state index contributed by atoms with van der Waals surface area (Å²) >= 11 is 3.13. The number of aldehydes is 1. The molecule has 13 heavy (non-hydrogen) atoms. The molecule has 0 N–H and O–H groups in total. The lowest BCUT2D eigenvalue weighted by atomic mass is 10.1. The fourth-order valence-corrected chi connectivity index (χ4v) is 0.976. The average molecular weight is 241 g/mol. The number of halogens is 2. The van der Waals surface area contributed by atoms with E-state index in [1.807, 2.05) is 0 Å². The quantitative estimate of drug-likeness (QED) is 0.419. The molecule has 0 heterocycles. The van der Waals surface area contributed by atoms with E-state index in [4.69, 9.17) is 0 Å². The largest absolute Gasteiger partial charge is 0.298 e. The first kappa shape index (κ1) is 9.94. The highest BCUT2D eigenvalue weighted by Crippen LogP contribution is 2.07. The van der Waals surface area contributed by atoms with Gasteiger partial charge < -0.3 is 0 Å². The second-order valence-electron chi connectivity index (χ2n) is 2.29. The van der Waals surface area contributed by atoms with Gasteiger partial charge in [-0.05, 0) is 18.2 Å². The predicted octanol–water partition coefficient (Wildman–Crippen LogP) is 2.38. The normalized spacial score (nSPS) is 8.77. The molecule has 0 fully saturated rings. The van der Waals surface area contributed by atoms with Crippen LogP contribution in [0, 0.1) is 17.7 Å². The van der Waals surface area contributed by atoms with Gasteiger partial charge in [-0.1, -0.05) is 27.8 Å². The van der Waals surface area contributed by atoms with E-state index in [0.29, 0.717) is 17.2 Å². The molecule has 0 atom stereocenters. The van der Waals surface area contributed by atoms with Gasteiger partial charge in [0.2, 0.25) is 0 Å². The minimum absolute atomic E-state index is 0.0596. The van der Waals surface area contributed by atoms with Crippen LogP contribution >= 0.6 is 15.9 Å². The van der Waals surface area contributed by atoms with E-state index in [1.54, 1.807) is 6.07 Å². The van der Waals surface area contributed by atoms with Gasteiger partial charge >= 0.3 is 0 Å². The molecule has 0 aromatic heterocycles. The summed E-state index contributed by atoms with van der Waals surface area (Å²) in [5.41, 5.74) is 0.631. The van der Waals surface area contributed by atoms with Gasteiger partial charge in [0.25, 0.3) is 0 Å². The molecule has 0 spiro atoms. The highest BCUT2D eigenvalue weighted by Gasteiger charge is 1.99. The second-order valence-corrected chi connectivity index (χ2v) is 2.85. The van der Waals surface area contributed by atoms with Gasteiger partial charge in [-0.2, -0.15) is 0 Å². The molecule has 0 unspecified atom stereocenters. The maximum atomic E-state index is 13.0. The summed E-state index contributed by atoms with van der Waals surface area (Å²) in [5.74, 6) is 4.94. The standard InChI is InChI=1S/C10H6BrFO/c11-5-1-2-8-3-4-9(7-13)10(12)6-8/h3-4,6-7H,5H2. The molecule has 1 rings (SSSR count). The Balaban J connectivity index is 3.02. The van der Waals surface area contributed by atoms with E-state index in [9.17, 15) is 9.18 Å². The monoisotopic (exact) mass is 240 g/mol. The van der Waals surface area contributed by atoms with E-state index in [0.717, 1.165) is 0 Å². The minimum Gasteiger partial charge on any atom is -0.298 e. The third-order valence-electron chi connectivity index (χ3n) is 1.43. The van der Waals surface area contributed by atoms with Crippen molar-refractivity contribution in [3.05, 3.63) is 35.1 Å². The zero-order valence-electron chi connectivity index (χ0n) is 6.68. The number of carbonyl (C=O) groups excluding carboxylic acids is 1. The van der Waals surface area contributed by atoms with E-state index in [1.165, 1.54) is 12.1 Å². The molecule has 3 heteroatoms. The first-order valence-corrected chi connectivity index (χ1v) is 4.69. The first-order valence-electron chi connectivity index (χ1n) is 3.57. The fraction of sp³-hybridized carbons (Fsp3) is 0.100. The molecular weight excluding hydrogens is 235 g/mol. The maximum Gasteiger partial charge on any atom is 0.152 e. The van der Waals surface area contributed by atoms with Crippen molar-refractivity contribution in [2.45, 2.75) is 0 Å². The van der Waals surface area contributed by atoms with Crippen molar-refractivity contribution < 1.29 is 9.18 Å². The summed E-state index contributed by atoms with van der Waals surface area (Å²) in [5, 5.41) is 0.546. The Hall–Kier alpha value is -1.14. The lowest BCUT2D eigenvalue weighted by Crippen LogP contribution is -1.87. The Morgan fingerprint density at radius 2 is 2.31 bits per heavy atom. The summed E-state index contributed by atoms with van der Waals surface area (Å²) in [6.45, 7) is 0. The van der Waals surface area contributed by atoms with E-state index in [2.05, 4.69) is 27.8 Å². The van der Waals surface area contributed by atoms with Gasteiger partial charge in [0.15, 0.2) is 6.29 Å². The average Bonchev–Trinajstić information content (AvgIpc) is 2.15. The Morgan fingerprint density at radius 1 is 1.54 bits per heavy atom. The van der Waals surface area contributed by atoms with Crippen LogP contribution in [-0.4, -0.2) is 11.6 Å². The Kier molecular flexibility index (Phi) is 3.66. The topological polar surface area (TPSA) is 17.1 Å². The molecule has 0 aliphatic heterocycles. The number of benzene rings is 1. The Labute approximate surface area is 84.1 Å². The zero-order chi connectivity index (χ0) is 9.68. The molecular formula is C10H6BrFO. The predicted molar refractivity (Wildman–Crippen MR) is 52.5 cm³/mol. The Morgan fingerprint density at radius 3 is 2.85 bits per heavy atom. The van der Waals surface area contributed by atoms with Crippen molar-refractivity contribution >= 4 is 22.2 Å². The highest BCUT2D eigenvalue weighted by molar-refractivity contribution is 9.09.